The van der Waals surface area contributed by atoms with Crippen LogP contribution in [0, 0.1) is 0 Å². The SMILES string of the molecule is COc1ccc(Cl)cc1/C(N)=N/OC(=O)c1cccc(COc2ccccc2Cl)c1. The predicted molar refractivity (Wildman–Crippen MR) is 116 cm³/mol. The molecule has 0 amide bonds. The molecule has 0 radical (unpaired) electrons. The number of benzene rings is 3. The molecule has 3 rings (SSSR count). The topological polar surface area (TPSA) is 83.1 Å². The van der Waals surface area contributed by atoms with Crippen LogP contribution in [0.1, 0.15) is 21.5 Å². The van der Waals surface area contributed by atoms with Gasteiger partial charge in [-0.1, -0.05) is 52.6 Å². The van der Waals surface area contributed by atoms with E-state index < -0.39 is 5.97 Å². The number of halogens is 2. The lowest BCUT2D eigenvalue weighted by molar-refractivity contribution is 0.0515. The van der Waals surface area contributed by atoms with E-state index in [4.69, 9.17) is 43.2 Å². The Morgan fingerprint density at radius 1 is 1.00 bits per heavy atom. The number of hydrogen-bond acceptors (Lipinski definition) is 5. The van der Waals surface area contributed by atoms with Crippen molar-refractivity contribution in [2.75, 3.05) is 7.11 Å². The summed E-state index contributed by atoms with van der Waals surface area (Å²) in [7, 11) is 1.49. The number of methoxy groups -OCH3 is 1. The number of para-hydroxylation sites is 1. The van der Waals surface area contributed by atoms with Gasteiger partial charge in [0.25, 0.3) is 0 Å². The second-order valence-corrected chi connectivity index (χ2v) is 6.96. The molecular weight excluding hydrogens is 427 g/mol. The van der Waals surface area contributed by atoms with Crippen LogP contribution < -0.4 is 15.2 Å². The van der Waals surface area contributed by atoms with Crippen molar-refractivity contribution in [1.82, 2.24) is 0 Å². The highest BCUT2D eigenvalue weighted by atomic mass is 35.5. The highest BCUT2D eigenvalue weighted by Gasteiger charge is 2.12. The van der Waals surface area contributed by atoms with Crippen LogP contribution in [0.15, 0.2) is 71.9 Å². The molecule has 0 heterocycles. The maximum atomic E-state index is 12.4. The van der Waals surface area contributed by atoms with E-state index in [9.17, 15) is 4.79 Å². The van der Waals surface area contributed by atoms with Gasteiger partial charge in [0.2, 0.25) is 0 Å². The van der Waals surface area contributed by atoms with Crippen molar-refractivity contribution in [2.24, 2.45) is 10.9 Å². The fourth-order valence-corrected chi connectivity index (χ4v) is 2.95. The van der Waals surface area contributed by atoms with Crippen molar-refractivity contribution in [3.63, 3.8) is 0 Å². The van der Waals surface area contributed by atoms with E-state index >= 15 is 0 Å². The number of oxime groups is 1. The monoisotopic (exact) mass is 444 g/mol. The lowest BCUT2D eigenvalue weighted by Gasteiger charge is -2.09. The van der Waals surface area contributed by atoms with Crippen molar-refractivity contribution >= 4 is 35.0 Å². The molecule has 3 aromatic carbocycles. The average Bonchev–Trinajstić information content (AvgIpc) is 2.76. The normalized spacial score (nSPS) is 11.1. The number of ether oxygens (including phenoxy) is 2. The van der Waals surface area contributed by atoms with Crippen molar-refractivity contribution in [3.8, 4) is 11.5 Å². The van der Waals surface area contributed by atoms with Gasteiger partial charge < -0.3 is 20.0 Å². The Morgan fingerprint density at radius 2 is 1.80 bits per heavy atom. The molecule has 0 atom stereocenters. The number of amidine groups is 1. The molecule has 0 fully saturated rings. The second-order valence-electron chi connectivity index (χ2n) is 6.12. The van der Waals surface area contributed by atoms with Gasteiger partial charge in [0, 0.05) is 5.02 Å². The maximum Gasteiger partial charge on any atom is 0.365 e. The van der Waals surface area contributed by atoms with Gasteiger partial charge in [0.15, 0.2) is 5.84 Å². The number of hydrogen-bond donors (Lipinski definition) is 1. The molecule has 154 valence electrons. The van der Waals surface area contributed by atoms with Gasteiger partial charge in [0.05, 0.1) is 23.3 Å². The van der Waals surface area contributed by atoms with Crippen molar-refractivity contribution in [3.05, 3.63) is 93.5 Å². The number of rotatable bonds is 7. The summed E-state index contributed by atoms with van der Waals surface area (Å²) < 4.78 is 10.9. The minimum absolute atomic E-state index is 0.0408. The second kappa shape index (κ2) is 10.0. The van der Waals surface area contributed by atoms with E-state index in [1.807, 2.05) is 18.2 Å². The third kappa shape index (κ3) is 5.43. The third-order valence-electron chi connectivity index (χ3n) is 4.06. The lowest BCUT2D eigenvalue weighted by Crippen LogP contribution is -2.16. The average molecular weight is 445 g/mol. The number of nitrogens with two attached hydrogens (primary N) is 1. The molecule has 0 saturated heterocycles. The smallest absolute Gasteiger partial charge is 0.365 e. The van der Waals surface area contributed by atoms with Crippen LogP contribution in [0.4, 0.5) is 0 Å². The largest absolute Gasteiger partial charge is 0.496 e. The molecule has 6 nitrogen and oxygen atoms in total. The zero-order valence-corrected chi connectivity index (χ0v) is 17.5. The summed E-state index contributed by atoms with van der Waals surface area (Å²) in [6.07, 6.45) is 0. The zero-order valence-electron chi connectivity index (χ0n) is 16.0. The lowest BCUT2D eigenvalue weighted by atomic mass is 10.1. The number of carbonyl (C=O) groups is 1. The summed E-state index contributed by atoms with van der Waals surface area (Å²) in [5.41, 5.74) is 7.40. The number of nitrogens with zero attached hydrogens (tertiary/aromatic N) is 1. The molecule has 8 heteroatoms. The van der Waals surface area contributed by atoms with Crippen LogP contribution >= 0.6 is 23.2 Å². The summed E-state index contributed by atoms with van der Waals surface area (Å²) in [5.74, 6) is 0.301. The fraction of sp³-hybridized carbons (Fsp3) is 0.0909. The maximum absolute atomic E-state index is 12.4. The van der Waals surface area contributed by atoms with Crippen LogP contribution in [-0.4, -0.2) is 18.9 Å². The van der Waals surface area contributed by atoms with E-state index in [1.54, 1.807) is 48.5 Å². The van der Waals surface area contributed by atoms with Gasteiger partial charge in [-0.05, 0) is 48.0 Å². The molecule has 2 N–H and O–H groups in total. The molecule has 0 bridgehead atoms. The first-order chi connectivity index (χ1) is 14.5. The Labute approximate surface area is 183 Å². The molecule has 3 aromatic rings. The van der Waals surface area contributed by atoms with E-state index in [0.717, 1.165) is 5.56 Å². The highest BCUT2D eigenvalue weighted by Crippen LogP contribution is 2.24. The van der Waals surface area contributed by atoms with Gasteiger partial charge in [-0.2, -0.15) is 0 Å². The van der Waals surface area contributed by atoms with Crippen LogP contribution in [0.5, 0.6) is 11.5 Å². The molecule has 0 spiro atoms. The Balaban J connectivity index is 1.69. The third-order valence-corrected chi connectivity index (χ3v) is 4.61. The molecule has 0 unspecified atom stereocenters. The molecule has 0 aliphatic carbocycles. The van der Waals surface area contributed by atoms with Gasteiger partial charge in [0.1, 0.15) is 18.1 Å². The van der Waals surface area contributed by atoms with Crippen LogP contribution in [0.25, 0.3) is 0 Å². The van der Waals surface area contributed by atoms with E-state index in [0.29, 0.717) is 32.7 Å². The van der Waals surface area contributed by atoms with Gasteiger partial charge in [-0.15, -0.1) is 0 Å². The Hall–Kier alpha value is -3.22. The number of carbonyl (C=O) groups excluding carboxylic acids is 1. The summed E-state index contributed by atoms with van der Waals surface area (Å²) >= 11 is 12.1. The van der Waals surface area contributed by atoms with Crippen molar-refractivity contribution in [1.29, 1.82) is 0 Å². The summed E-state index contributed by atoms with van der Waals surface area (Å²) in [6.45, 7) is 0.232. The van der Waals surface area contributed by atoms with E-state index in [1.165, 1.54) is 7.11 Å². The minimum Gasteiger partial charge on any atom is -0.496 e. The molecule has 0 aliphatic rings. The minimum atomic E-state index is -0.668. The van der Waals surface area contributed by atoms with E-state index in [2.05, 4.69) is 5.16 Å². The highest BCUT2D eigenvalue weighted by molar-refractivity contribution is 6.32. The molecule has 0 aromatic heterocycles. The summed E-state index contributed by atoms with van der Waals surface area (Å²) in [5, 5.41) is 4.67. The summed E-state index contributed by atoms with van der Waals surface area (Å²) in [6, 6.07) is 18.8. The quantitative estimate of drug-likeness (QED) is 0.238. The zero-order chi connectivity index (χ0) is 21.5. The van der Waals surface area contributed by atoms with E-state index in [-0.39, 0.29) is 12.4 Å². The Morgan fingerprint density at radius 3 is 2.57 bits per heavy atom. The standard InChI is InChI=1S/C22H18Cl2N2O4/c1-28-19-10-9-16(23)12-17(19)21(25)26-30-22(27)15-6-4-5-14(11-15)13-29-20-8-3-2-7-18(20)24/h2-12H,13H2,1H3,(H2,25,26). The predicted octanol–water partition coefficient (Wildman–Crippen LogP) is 5.06. The Bertz CT molecular complexity index is 1090. The van der Waals surface area contributed by atoms with Crippen LogP contribution in [0.2, 0.25) is 10.0 Å². The molecule has 0 aliphatic heterocycles. The van der Waals surface area contributed by atoms with Crippen molar-refractivity contribution < 1.29 is 19.1 Å². The Kier molecular flexibility index (Phi) is 7.17. The first kappa shape index (κ1) is 21.5. The molecular formula is C22H18Cl2N2O4. The van der Waals surface area contributed by atoms with Gasteiger partial charge >= 0.3 is 5.97 Å². The first-order valence-corrected chi connectivity index (χ1v) is 9.58. The summed E-state index contributed by atoms with van der Waals surface area (Å²) in [4.78, 5) is 17.4. The van der Waals surface area contributed by atoms with Gasteiger partial charge in [-0.3, -0.25) is 0 Å². The van der Waals surface area contributed by atoms with Crippen molar-refractivity contribution in [2.45, 2.75) is 6.61 Å². The van der Waals surface area contributed by atoms with Crippen LogP contribution in [-0.2, 0) is 11.4 Å². The first-order valence-electron chi connectivity index (χ1n) is 8.83. The van der Waals surface area contributed by atoms with Gasteiger partial charge in [-0.25, -0.2) is 4.79 Å². The van der Waals surface area contributed by atoms with Crippen LogP contribution in [0.3, 0.4) is 0 Å². The molecule has 0 saturated carbocycles. The molecule has 30 heavy (non-hydrogen) atoms. The fourth-order valence-electron chi connectivity index (χ4n) is 2.58.